The number of unbranched alkanes of at least 4 members (excludes halogenated alkanes) is 1. The SMILES string of the molecule is CC(C)(C)CC(OC(N)=O)c1oc(-c2ccc(OC(F)F)c(OCCCCC(=O)N3CCN(C(=O)C4CC4)CC3)c2)nc1C(=O)NCc1ccc(F)cc1F. The number of nitrogens with two attached hydrogens (primary N) is 1. The first-order chi connectivity index (χ1) is 26.1. The molecule has 2 fully saturated rings. The number of ether oxygens (including phenoxy) is 3. The Morgan fingerprint density at radius 1 is 0.982 bits per heavy atom. The predicted octanol–water partition coefficient (Wildman–Crippen LogP) is 6.35. The van der Waals surface area contributed by atoms with E-state index in [-0.39, 0.29) is 83.7 Å². The van der Waals surface area contributed by atoms with Crippen molar-refractivity contribution in [2.75, 3.05) is 32.8 Å². The fourth-order valence-corrected chi connectivity index (χ4v) is 6.08. The number of hydrogen-bond donors (Lipinski definition) is 2. The Kier molecular flexibility index (Phi) is 13.3. The fraction of sp³-hybridized carbons (Fsp3) is 0.500. The van der Waals surface area contributed by atoms with E-state index in [1.165, 1.54) is 24.3 Å². The van der Waals surface area contributed by atoms with Gasteiger partial charge < -0.3 is 39.5 Å². The van der Waals surface area contributed by atoms with Crippen molar-refractivity contribution in [2.45, 2.75) is 78.6 Å². The molecule has 0 bridgehead atoms. The molecule has 5 rings (SSSR count). The third-order valence-corrected chi connectivity index (χ3v) is 8.99. The van der Waals surface area contributed by atoms with Gasteiger partial charge in [-0.15, -0.1) is 0 Å². The molecule has 1 aliphatic carbocycles. The second-order valence-corrected chi connectivity index (χ2v) is 14.7. The summed E-state index contributed by atoms with van der Waals surface area (Å²) in [5.74, 6) is -3.03. The maximum absolute atomic E-state index is 14.3. The van der Waals surface area contributed by atoms with E-state index in [4.69, 9.17) is 19.6 Å². The number of alkyl halides is 2. The Morgan fingerprint density at radius 2 is 1.69 bits per heavy atom. The molecule has 4 amide bonds. The average molecular weight is 776 g/mol. The molecule has 2 heterocycles. The molecule has 55 heavy (non-hydrogen) atoms. The molecule has 3 aromatic rings. The minimum absolute atomic E-state index is 0.0138. The quantitative estimate of drug-likeness (QED) is 0.125. The Hall–Kier alpha value is -5.35. The van der Waals surface area contributed by atoms with Gasteiger partial charge in [-0.25, -0.2) is 18.6 Å². The first kappa shape index (κ1) is 40.8. The molecule has 1 saturated heterocycles. The van der Waals surface area contributed by atoms with E-state index >= 15 is 0 Å². The maximum Gasteiger partial charge on any atom is 0.405 e. The second-order valence-electron chi connectivity index (χ2n) is 14.7. The summed E-state index contributed by atoms with van der Waals surface area (Å²) in [6.45, 7) is 4.01. The predicted molar refractivity (Wildman–Crippen MR) is 189 cm³/mol. The van der Waals surface area contributed by atoms with Crippen LogP contribution in [-0.4, -0.2) is 78.0 Å². The summed E-state index contributed by atoms with van der Waals surface area (Å²) in [5.41, 5.74) is 4.70. The average Bonchev–Trinajstić information content (AvgIpc) is 3.87. The topological polar surface area (TPSA) is 167 Å². The standard InChI is InChI=1S/C38H45F4N5O8/c1-38(2,3)20-29(54-37(43)51)32-31(33(49)44-21-24-9-11-25(39)19-26(24)40)45-34(55-32)23-10-12-27(53-36(41)42)28(18-23)52-17-5-4-6-30(48)46-13-15-47(16-14-46)35(50)22-7-8-22/h9-12,18-19,22,29,36H,4-8,13-17,20-21H2,1-3H3,(H2,43,51)(H,44,49). The van der Waals surface area contributed by atoms with Crippen molar-refractivity contribution in [3.05, 3.63) is 65.1 Å². The van der Waals surface area contributed by atoms with Crippen LogP contribution in [0.5, 0.6) is 11.5 Å². The number of rotatable bonds is 16. The van der Waals surface area contributed by atoms with Crippen LogP contribution < -0.4 is 20.5 Å². The molecule has 1 atom stereocenters. The molecule has 0 spiro atoms. The lowest BCUT2D eigenvalue weighted by molar-refractivity contribution is -0.140. The van der Waals surface area contributed by atoms with Crippen LogP contribution in [0.4, 0.5) is 22.4 Å². The van der Waals surface area contributed by atoms with Crippen molar-refractivity contribution in [2.24, 2.45) is 17.1 Å². The first-order valence-corrected chi connectivity index (χ1v) is 18.1. The number of nitrogens with one attached hydrogen (secondary N) is 1. The summed E-state index contributed by atoms with van der Waals surface area (Å²) < 4.78 is 76.3. The number of nitrogens with zero attached hydrogens (tertiary/aromatic N) is 3. The molecule has 2 aliphatic rings. The summed E-state index contributed by atoms with van der Waals surface area (Å²) >= 11 is 0. The zero-order valence-corrected chi connectivity index (χ0v) is 30.9. The number of benzene rings is 2. The van der Waals surface area contributed by atoms with E-state index in [0.717, 1.165) is 18.9 Å². The van der Waals surface area contributed by atoms with Crippen molar-refractivity contribution in [3.8, 4) is 23.0 Å². The van der Waals surface area contributed by atoms with E-state index in [1.807, 2.05) is 25.7 Å². The maximum atomic E-state index is 14.3. The summed E-state index contributed by atoms with van der Waals surface area (Å²) in [7, 11) is 0. The van der Waals surface area contributed by atoms with E-state index < -0.39 is 41.8 Å². The highest BCUT2D eigenvalue weighted by Gasteiger charge is 2.35. The molecule has 17 heteroatoms. The van der Waals surface area contributed by atoms with E-state index in [1.54, 1.807) is 4.90 Å². The zero-order valence-electron chi connectivity index (χ0n) is 30.9. The van der Waals surface area contributed by atoms with Crippen molar-refractivity contribution < 1.29 is 55.4 Å². The van der Waals surface area contributed by atoms with Gasteiger partial charge >= 0.3 is 12.7 Å². The third kappa shape index (κ3) is 11.6. The van der Waals surface area contributed by atoms with Crippen LogP contribution in [0.25, 0.3) is 11.5 Å². The highest BCUT2D eigenvalue weighted by molar-refractivity contribution is 5.94. The third-order valence-electron chi connectivity index (χ3n) is 8.99. The molecule has 1 aliphatic heterocycles. The minimum atomic E-state index is -3.18. The molecule has 0 radical (unpaired) electrons. The summed E-state index contributed by atoms with van der Waals surface area (Å²) in [6.07, 6.45) is 0.716. The first-order valence-electron chi connectivity index (χ1n) is 18.1. The van der Waals surface area contributed by atoms with Gasteiger partial charge in [-0.3, -0.25) is 14.4 Å². The van der Waals surface area contributed by atoms with E-state index in [0.29, 0.717) is 45.1 Å². The number of halogens is 4. The second kappa shape index (κ2) is 17.9. The van der Waals surface area contributed by atoms with Crippen molar-refractivity contribution in [1.82, 2.24) is 20.1 Å². The highest BCUT2D eigenvalue weighted by Crippen LogP contribution is 2.39. The molecular weight excluding hydrogens is 730 g/mol. The zero-order chi connectivity index (χ0) is 39.9. The van der Waals surface area contributed by atoms with Crippen LogP contribution in [0.15, 0.2) is 40.8 Å². The van der Waals surface area contributed by atoms with Crippen LogP contribution in [-0.2, 0) is 20.9 Å². The number of piperazine rings is 1. The van der Waals surface area contributed by atoms with Gasteiger partial charge in [0.2, 0.25) is 17.7 Å². The number of carbonyl (C=O) groups is 4. The Labute approximate surface area is 315 Å². The lowest BCUT2D eigenvalue weighted by atomic mass is 9.88. The molecule has 1 aromatic heterocycles. The van der Waals surface area contributed by atoms with Crippen molar-refractivity contribution >= 4 is 23.8 Å². The smallest absolute Gasteiger partial charge is 0.405 e. The number of hydrogen-bond acceptors (Lipinski definition) is 9. The largest absolute Gasteiger partial charge is 0.490 e. The van der Waals surface area contributed by atoms with Crippen LogP contribution in [0.1, 0.15) is 87.2 Å². The van der Waals surface area contributed by atoms with E-state index in [9.17, 15) is 36.7 Å². The molecule has 2 aromatic carbocycles. The number of carbonyl (C=O) groups excluding carboxylic acids is 4. The monoisotopic (exact) mass is 775 g/mol. The van der Waals surface area contributed by atoms with Gasteiger partial charge in [-0.05, 0) is 61.8 Å². The van der Waals surface area contributed by atoms with Gasteiger partial charge in [-0.1, -0.05) is 26.8 Å². The van der Waals surface area contributed by atoms with Gasteiger partial charge in [0, 0.05) is 62.3 Å². The van der Waals surface area contributed by atoms with Crippen LogP contribution in [0, 0.1) is 23.0 Å². The summed E-state index contributed by atoms with van der Waals surface area (Å²) in [4.78, 5) is 58.4. The van der Waals surface area contributed by atoms with Crippen LogP contribution in [0.3, 0.4) is 0 Å². The molecule has 13 nitrogen and oxygen atoms in total. The normalized spacial score (nSPS) is 15.1. The Balaban J connectivity index is 1.30. The van der Waals surface area contributed by atoms with Crippen LogP contribution in [0.2, 0.25) is 0 Å². The van der Waals surface area contributed by atoms with E-state index in [2.05, 4.69) is 15.0 Å². The Bertz CT molecular complexity index is 1850. The molecule has 298 valence electrons. The highest BCUT2D eigenvalue weighted by atomic mass is 19.3. The van der Waals surface area contributed by atoms with Gasteiger partial charge in [0.25, 0.3) is 5.91 Å². The van der Waals surface area contributed by atoms with Gasteiger partial charge in [0.05, 0.1) is 6.61 Å². The van der Waals surface area contributed by atoms with Crippen molar-refractivity contribution in [3.63, 3.8) is 0 Å². The van der Waals surface area contributed by atoms with Gasteiger partial charge in [-0.2, -0.15) is 8.78 Å². The van der Waals surface area contributed by atoms with Crippen molar-refractivity contribution in [1.29, 1.82) is 0 Å². The molecule has 1 saturated carbocycles. The number of primary amides is 1. The summed E-state index contributed by atoms with van der Waals surface area (Å²) in [5, 5.41) is 2.51. The minimum Gasteiger partial charge on any atom is -0.490 e. The fourth-order valence-electron chi connectivity index (χ4n) is 6.08. The number of amides is 4. The number of aromatic nitrogens is 1. The van der Waals surface area contributed by atoms with Gasteiger partial charge in [0.1, 0.15) is 11.6 Å². The molecular formula is C38H45F4N5O8. The Morgan fingerprint density at radius 3 is 2.33 bits per heavy atom. The molecule has 1 unspecified atom stereocenters. The summed E-state index contributed by atoms with van der Waals surface area (Å²) in [6, 6.07) is 6.76. The molecule has 3 N–H and O–H groups in total. The lowest BCUT2D eigenvalue weighted by Crippen LogP contribution is -2.51. The lowest BCUT2D eigenvalue weighted by Gasteiger charge is -2.35. The van der Waals surface area contributed by atoms with Gasteiger partial charge in [0.15, 0.2) is 29.1 Å². The number of oxazole rings is 1. The van der Waals surface area contributed by atoms with Crippen LogP contribution >= 0.6 is 0 Å².